The van der Waals surface area contributed by atoms with Gasteiger partial charge in [0.05, 0.1) is 0 Å². The van der Waals surface area contributed by atoms with E-state index in [1.165, 1.54) is 11.1 Å². The van der Waals surface area contributed by atoms with Crippen LogP contribution < -0.4 is 4.90 Å². The first-order valence-electron chi connectivity index (χ1n) is 6.32. The van der Waals surface area contributed by atoms with Gasteiger partial charge in [-0.1, -0.05) is 26.0 Å². The van der Waals surface area contributed by atoms with Gasteiger partial charge in [-0.15, -0.1) is 0 Å². The van der Waals surface area contributed by atoms with Crippen LogP contribution in [0.5, 0.6) is 0 Å². The highest BCUT2D eigenvalue weighted by Gasteiger charge is 2.20. The zero-order valence-electron chi connectivity index (χ0n) is 10.9. The maximum Gasteiger partial charge on any atom is 0.223 e. The van der Waals surface area contributed by atoms with Gasteiger partial charge >= 0.3 is 0 Å². The van der Waals surface area contributed by atoms with E-state index < -0.39 is 0 Å². The molecular weight excluding hydrogens is 210 g/mol. The van der Waals surface area contributed by atoms with E-state index in [1.54, 1.807) is 6.92 Å². The zero-order valence-corrected chi connectivity index (χ0v) is 10.9. The summed E-state index contributed by atoms with van der Waals surface area (Å²) in [6, 6.07) is 6.46. The van der Waals surface area contributed by atoms with E-state index in [0.29, 0.717) is 5.92 Å². The Kier molecular flexibility index (Phi) is 3.51. The summed E-state index contributed by atoms with van der Waals surface area (Å²) in [6.45, 7) is 6.90. The molecule has 1 aliphatic rings. The maximum absolute atomic E-state index is 11.5. The lowest BCUT2D eigenvalue weighted by atomic mass is 9.95. The van der Waals surface area contributed by atoms with Gasteiger partial charge in [-0.25, -0.2) is 0 Å². The second-order valence-corrected chi connectivity index (χ2v) is 5.15. The van der Waals surface area contributed by atoms with Gasteiger partial charge in [-0.3, -0.25) is 4.79 Å². The Morgan fingerprint density at radius 3 is 2.82 bits per heavy atom. The Bertz CT molecular complexity index is 423. The molecule has 0 aromatic heterocycles. The van der Waals surface area contributed by atoms with E-state index in [2.05, 4.69) is 38.5 Å². The van der Waals surface area contributed by atoms with Crippen molar-refractivity contribution in [3.63, 3.8) is 0 Å². The fraction of sp³-hybridized carbons (Fsp3) is 0.467. The highest BCUT2D eigenvalue weighted by atomic mass is 16.2. The second kappa shape index (κ2) is 4.91. The van der Waals surface area contributed by atoms with E-state index in [1.807, 2.05) is 4.90 Å². The first-order chi connectivity index (χ1) is 8.08. The van der Waals surface area contributed by atoms with E-state index in [4.69, 9.17) is 0 Å². The van der Waals surface area contributed by atoms with E-state index in [9.17, 15) is 4.79 Å². The molecule has 0 saturated heterocycles. The topological polar surface area (TPSA) is 20.3 Å². The molecule has 1 aromatic carbocycles. The lowest BCUT2D eigenvalue weighted by molar-refractivity contribution is -0.116. The Hall–Kier alpha value is -1.31. The molecule has 1 heterocycles. The standard InChI is InChI=1S/C15H20NO/c1-11(2)9-13-6-7-15-14(10-13)5-4-8-16(15)12(3)17/h5-7,10-11H,4,8-9H2,1-3H3. The molecule has 2 rings (SSSR count). The summed E-state index contributed by atoms with van der Waals surface area (Å²) in [5, 5.41) is 0. The van der Waals surface area contributed by atoms with E-state index in [0.717, 1.165) is 25.1 Å². The molecule has 0 saturated carbocycles. The molecule has 0 bridgehead atoms. The van der Waals surface area contributed by atoms with Crippen molar-refractivity contribution in [2.24, 2.45) is 5.92 Å². The lowest BCUT2D eigenvalue weighted by Crippen LogP contribution is -2.33. The van der Waals surface area contributed by atoms with Gasteiger partial charge in [0.25, 0.3) is 0 Å². The third-order valence-corrected chi connectivity index (χ3v) is 3.12. The lowest BCUT2D eigenvalue weighted by Gasteiger charge is -2.28. The third kappa shape index (κ3) is 2.68. The van der Waals surface area contributed by atoms with Crippen molar-refractivity contribution in [1.29, 1.82) is 0 Å². The average Bonchev–Trinajstić information content (AvgIpc) is 2.26. The molecule has 0 atom stereocenters. The Morgan fingerprint density at radius 2 is 2.18 bits per heavy atom. The molecule has 0 N–H and O–H groups in total. The number of hydrogen-bond acceptors (Lipinski definition) is 1. The van der Waals surface area contributed by atoms with Crippen molar-refractivity contribution >= 4 is 11.6 Å². The van der Waals surface area contributed by atoms with Gasteiger partial charge in [-0.2, -0.15) is 0 Å². The minimum absolute atomic E-state index is 0.135. The minimum Gasteiger partial charge on any atom is -0.312 e. The number of carbonyl (C=O) groups is 1. The minimum atomic E-state index is 0.135. The molecular formula is C15H20NO. The Balaban J connectivity index is 2.29. The van der Waals surface area contributed by atoms with Crippen LogP contribution in [0.2, 0.25) is 0 Å². The predicted octanol–water partition coefficient (Wildman–Crippen LogP) is 3.19. The van der Waals surface area contributed by atoms with Gasteiger partial charge in [0.2, 0.25) is 5.91 Å². The van der Waals surface area contributed by atoms with Crippen molar-refractivity contribution in [3.8, 4) is 0 Å². The second-order valence-electron chi connectivity index (χ2n) is 5.15. The summed E-state index contributed by atoms with van der Waals surface area (Å²) in [5.41, 5.74) is 3.64. The first kappa shape index (κ1) is 12.2. The number of amides is 1. The molecule has 1 amide bonds. The highest BCUT2D eigenvalue weighted by molar-refractivity contribution is 5.93. The fourth-order valence-corrected chi connectivity index (χ4v) is 2.41. The summed E-state index contributed by atoms with van der Waals surface area (Å²) in [6.07, 6.45) is 4.29. The Morgan fingerprint density at radius 1 is 1.41 bits per heavy atom. The van der Waals surface area contributed by atoms with E-state index >= 15 is 0 Å². The van der Waals surface area contributed by atoms with Gasteiger partial charge in [0.1, 0.15) is 0 Å². The first-order valence-corrected chi connectivity index (χ1v) is 6.32. The summed E-state index contributed by atoms with van der Waals surface area (Å²) in [5.74, 6) is 0.802. The molecule has 0 spiro atoms. The third-order valence-electron chi connectivity index (χ3n) is 3.12. The van der Waals surface area contributed by atoms with Gasteiger partial charge in [-0.05, 0) is 42.4 Å². The fourth-order valence-electron chi connectivity index (χ4n) is 2.41. The number of benzene rings is 1. The molecule has 1 radical (unpaired) electrons. The van der Waals surface area contributed by atoms with Gasteiger partial charge in [0.15, 0.2) is 0 Å². The van der Waals surface area contributed by atoms with Gasteiger partial charge in [0, 0.05) is 19.2 Å². The van der Waals surface area contributed by atoms with Crippen LogP contribution in [0.15, 0.2) is 18.2 Å². The number of hydrogen-bond donors (Lipinski definition) is 0. The number of anilines is 1. The number of carbonyl (C=O) groups excluding carboxylic acids is 1. The molecule has 91 valence electrons. The van der Waals surface area contributed by atoms with Crippen molar-refractivity contribution in [2.45, 2.75) is 33.6 Å². The van der Waals surface area contributed by atoms with E-state index in [-0.39, 0.29) is 5.91 Å². The predicted molar refractivity (Wildman–Crippen MR) is 71.0 cm³/mol. The summed E-state index contributed by atoms with van der Waals surface area (Å²) >= 11 is 0. The molecule has 2 nitrogen and oxygen atoms in total. The quantitative estimate of drug-likeness (QED) is 0.764. The number of rotatable bonds is 2. The van der Waals surface area contributed by atoms with Crippen molar-refractivity contribution in [3.05, 3.63) is 35.7 Å². The number of fused-ring (bicyclic) bond motifs is 1. The van der Waals surface area contributed by atoms with Crippen LogP contribution in [0, 0.1) is 12.3 Å². The van der Waals surface area contributed by atoms with Crippen LogP contribution >= 0.6 is 0 Å². The summed E-state index contributed by atoms with van der Waals surface area (Å²) in [4.78, 5) is 13.4. The highest BCUT2D eigenvalue weighted by Crippen LogP contribution is 2.29. The van der Waals surface area contributed by atoms with Gasteiger partial charge < -0.3 is 4.90 Å². The van der Waals surface area contributed by atoms with Crippen LogP contribution in [0.4, 0.5) is 5.69 Å². The summed E-state index contributed by atoms with van der Waals surface area (Å²) < 4.78 is 0. The van der Waals surface area contributed by atoms with Crippen molar-refractivity contribution in [2.75, 3.05) is 11.4 Å². The largest absolute Gasteiger partial charge is 0.312 e. The molecule has 17 heavy (non-hydrogen) atoms. The molecule has 2 heteroatoms. The smallest absolute Gasteiger partial charge is 0.223 e. The average molecular weight is 230 g/mol. The molecule has 1 aromatic rings. The number of nitrogens with zero attached hydrogens (tertiary/aromatic N) is 1. The van der Waals surface area contributed by atoms with Crippen LogP contribution in [0.1, 0.15) is 38.3 Å². The Labute approximate surface area is 104 Å². The molecule has 0 aliphatic carbocycles. The van der Waals surface area contributed by atoms with Crippen LogP contribution in [0.25, 0.3) is 0 Å². The van der Waals surface area contributed by atoms with Crippen LogP contribution in [-0.4, -0.2) is 12.5 Å². The zero-order chi connectivity index (χ0) is 12.4. The van der Waals surface area contributed by atoms with Crippen molar-refractivity contribution < 1.29 is 4.79 Å². The van der Waals surface area contributed by atoms with Crippen LogP contribution in [0.3, 0.4) is 0 Å². The van der Waals surface area contributed by atoms with Crippen LogP contribution in [-0.2, 0) is 11.2 Å². The monoisotopic (exact) mass is 230 g/mol. The molecule has 1 aliphatic heterocycles. The molecule has 0 unspecified atom stereocenters. The van der Waals surface area contributed by atoms with Crippen molar-refractivity contribution in [1.82, 2.24) is 0 Å². The normalized spacial score (nSPS) is 14.9. The summed E-state index contributed by atoms with van der Waals surface area (Å²) in [7, 11) is 0. The maximum atomic E-state index is 11.5. The molecule has 0 fully saturated rings. The SMILES string of the molecule is CC(=O)N1CC[CH]c2cc(CC(C)C)ccc21.